The maximum absolute atomic E-state index is 12.6. The Bertz CT molecular complexity index is 860. The van der Waals surface area contributed by atoms with Crippen molar-refractivity contribution in [3.05, 3.63) is 65.2 Å². The number of likely N-dealkylation sites (N-methyl/N-ethyl adjacent to an activating group) is 1. The van der Waals surface area contributed by atoms with Crippen molar-refractivity contribution in [1.29, 1.82) is 0 Å². The van der Waals surface area contributed by atoms with Crippen molar-refractivity contribution in [1.82, 2.24) is 14.9 Å². The molecule has 1 amide bonds. The van der Waals surface area contributed by atoms with E-state index >= 15 is 0 Å². The molecule has 1 atom stereocenters. The van der Waals surface area contributed by atoms with Gasteiger partial charge in [0.2, 0.25) is 10.0 Å². The van der Waals surface area contributed by atoms with Gasteiger partial charge >= 0.3 is 0 Å². The van der Waals surface area contributed by atoms with Gasteiger partial charge in [0.25, 0.3) is 5.91 Å². The molecule has 0 saturated carbocycles. The molecular formula is C20H27N3O3S. The summed E-state index contributed by atoms with van der Waals surface area (Å²) in [6.45, 7) is 2.35. The van der Waals surface area contributed by atoms with Gasteiger partial charge < -0.3 is 10.2 Å². The summed E-state index contributed by atoms with van der Waals surface area (Å²) in [4.78, 5) is 13.7. The van der Waals surface area contributed by atoms with E-state index < -0.39 is 10.0 Å². The molecule has 0 bridgehead atoms. The van der Waals surface area contributed by atoms with E-state index in [1.807, 2.05) is 31.1 Å². The summed E-state index contributed by atoms with van der Waals surface area (Å²) in [5.41, 5.74) is 2.71. The van der Waals surface area contributed by atoms with Crippen LogP contribution in [0.3, 0.4) is 0 Å². The maximum atomic E-state index is 12.6. The number of carbonyl (C=O) groups is 1. The van der Waals surface area contributed by atoms with Crippen LogP contribution in [-0.2, 0) is 16.4 Å². The van der Waals surface area contributed by atoms with E-state index in [-0.39, 0.29) is 23.4 Å². The molecular weight excluding hydrogens is 362 g/mol. The second-order valence-electron chi connectivity index (χ2n) is 6.53. The van der Waals surface area contributed by atoms with Gasteiger partial charge in [-0.1, -0.05) is 31.2 Å². The van der Waals surface area contributed by atoms with Crippen molar-refractivity contribution in [2.75, 3.05) is 27.7 Å². The minimum Gasteiger partial charge on any atom is -0.355 e. The molecule has 0 heterocycles. The van der Waals surface area contributed by atoms with Crippen LogP contribution in [0.2, 0.25) is 0 Å². The number of amides is 1. The molecule has 0 aliphatic carbocycles. The first-order valence-electron chi connectivity index (χ1n) is 8.85. The number of rotatable bonds is 8. The average molecular weight is 390 g/mol. The zero-order valence-electron chi connectivity index (χ0n) is 16.2. The third-order valence-corrected chi connectivity index (χ3v) is 5.96. The van der Waals surface area contributed by atoms with Crippen LogP contribution in [0.5, 0.6) is 0 Å². The molecule has 2 aromatic rings. The molecule has 0 aliphatic heterocycles. The smallest absolute Gasteiger partial charge is 0.251 e. The Morgan fingerprint density at radius 3 is 2.11 bits per heavy atom. The molecule has 2 rings (SSSR count). The molecule has 2 aromatic carbocycles. The molecule has 0 saturated heterocycles. The molecule has 0 spiro atoms. The molecule has 27 heavy (non-hydrogen) atoms. The highest BCUT2D eigenvalue weighted by Gasteiger charge is 2.20. The zero-order valence-corrected chi connectivity index (χ0v) is 17.0. The molecule has 146 valence electrons. The van der Waals surface area contributed by atoms with Crippen LogP contribution in [0.15, 0.2) is 53.4 Å². The third kappa shape index (κ3) is 5.38. The lowest BCUT2D eigenvalue weighted by Gasteiger charge is -2.25. The van der Waals surface area contributed by atoms with Gasteiger partial charge in [0.1, 0.15) is 0 Å². The van der Waals surface area contributed by atoms with E-state index in [0.29, 0.717) is 5.56 Å². The molecule has 1 unspecified atom stereocenters. The fourth-order valence-electron chi connectivity index (χ4n) is 2.78. The molecule has 7 heteroatoms. The molecule has 0 aromatic heterocycles. The maximum Gasteiger partial charge on any atom is 0.251 e. The standard InChI is InChI=1S/C20H27N3O3S/c1-5-15-6-8-16(9-7-15)19(23(3)4)14-22-27(25,26)18-12-10-17(11-13-18)20(24)21-2/h6-13,19,22H,5,14H2,1-4H3,(H,21,24). The molecule has 0 aliphatic rings. The number of aryl methyl sites for hydroxylation is 1. The largest absolute Gasteiger partial charge is 0.355 e. The van der Waals surface area contributed by atoms with Crippen molar-refractivity contribution in [2.45, 2.75) is 24.3 Å². The van der Waals surface area contributed by atoms with Gasteiger partial charge in [-0.05, 0) is 55.9 Å². The lowest BCUT2D eigenvalue weighted by atomic mass is 10.0. The topological polar surface area (TPSA) is 78.5 Å². The van der Waals surface area contributed by atoms with E-state index in [1.54, 1.807) is 0 Å². The lowest BCUT2D eigenvalue weighted by molar-refractivity contribution is 0.0963. The van der Waals surface area contributed by atoms with E-state index in [4.69, 9.17) is 0 Å². The predicted octanol–water partition coefficient (Wildman–Crippen LogP) is 2.19. The number of hydrogen-bond acceptors (Lipinski definition) is 4. The second-order valence-corrected chi connectivity index (χ2v) is 8.30. The van der Waals surface area contributed by atoms with E-state index in [9.17, 15) is 13.2 Å². The summed E-state index contributed by atoms with van der Waals surface area (Å²) in [7, 11) is 1.71. The lowest BCUT2D eigenvalue weighted by Crippen LogP contribution is -2.34. The van der Waals surface area contributed by atoms with Gasteiger partial charge in [0, 0.05) is 25.2 Å². The van der Waals surface area contributed by atoms with E-state index in [0.717, 1.165) is 12.0 Å². The summed E-state index contributed by atoms with van der Waals surface area (Å²) < 4.78 is 27.9. The second kappa shape index (κ2) is 9.12. The van der Waals surface area contributed by atoms with Crippen molar-refractivity contribution in [3.63, 3.8) is 0 Å². The van der Waals surface area contributed by atoms with E-state index in [1.165, 1.54) is 36.9 Å². The van der Waals surface area contributed by atoms with Gasteiger partial charge in [-0.25, -0.2) is 13.1 Å². The Balaban J connectivity index is 2.14. The third-order valence-electron chi connectivity index (χ3n) is 4.52. The van der Waals surface area contributed by atoms with Gasteiger partial charge in [-0.2, -0.15) is 0 Å². The molecule has 0 radical (unpaired) electrons. The molecule has 6 nitrogen and oxygen atoms in total. The Labute approximate surface area is 161 Å². The SMILES string of the molecule is CCc1ccc(C(CNS(=O)(=O)c2ccc(C(=O)NC)cc2)N(C)C)cc1. The summed E-state index contributed by atoms with van der Waals surface area (Å²) in [5, 5.41) is 2.51. The number of sulfonamides is 1. The fourth-order valence-corrected chi connectivity index (χ4v) is 3.81. The monoisotopic (exact) mass is 389 g/mol. The van der Waals surface area contributed by atoms with Gasteiger partial charge in [0.15, 0.2) is 0 Å². The summed E-state index contributed by atoms with van der Waals surface area (Å²) in [6, 6.07) is 14.0. The highest BCUT2D eigenvalue weighted by molar-refractivity contribution is 7.89. The van der Waals surface area contributed by atoms with Crippen molar-refractivity contribution in [2.24, 2.45) is 0 Å². The van der Waals surface area contributed by atoms with Crippen molar-refractivity contribution >= 4 is 15.9 Å². The van der Waals surface area contributed by atoms with Crippen LogP contribution < -0.4 is 10.0 Å². The summed E-state index contributed by atoms with van der Waals surface area (Å²) in [6.07, 6.45) is 0.964. The zero-order chi connectivity index (χ0) is 20.0. The Morgan fingerprint density at radius 2 is 1.63 bits per heavy atom. The number of hydrogen-bond donors (Lipinski definition) is 2. The Kier molecular flexibility index (Phi) is 7.12. The quantitative estimate of drug-likeness (QED) is 0.725. The van der Waals surface area contributed by atoms with Crippen molar-refractivity contribution in [3.8, 4) is 0 Å². The van der Waals surface area contributed by atoms with Gasteiger partial charge in [-0.15, -0.1) is 0 Å². The Hall–Kier alpha value is -2.22. The van der Waals surface area contributed by atoms with Crippen LogP contribution in [0.25, 0.3) is 0 Å². The molecule has 2 N–H and O–H groups in total. The highest BCUT2D eigenvalue weighted by Crippen LogP contribution is 2.19. The normalized spacial score (nSPS) is 12.8. The number of nitrogens with one attached hydrogen (secondary N) is 2. The van der Waals surface area contributed by atoms with Crippen LogP contribution in [0.4, 0.5) is 0 Å². The highest BCUT2D eigenvalue weighted by atomic mass is 32.2. The first kappa shape index (κ1) is 21.1. The van der Waals surface area contributed by atoms with Crippen molar-refractivity contribution < 1.29 is 13.2 Å². The van der Waals surface area contributed by atoms with Gasteiger partial charge in [-0.3, -0.25) is 4.79 Å². The predicted molar refractivity (Wildman–Crippen MR) is 107 cm³/mol. The number of benzene rings is 2. The van der Waals surface area contributed by atoms with Crippen LogP contribution in [-0.4, -0.2) is 46.9 Å². The van der Waals surface area contributed by atoms with E-state index in [2.05, 4.69) is 29.1 Å². The van der Waals surface area contributed by atoms with Crippen LogP contribution >= 0.6 is 0 Å². The van der Waals surface area contributed by atoms with Gasteiger partial charge in [0.05, 0.1) is 4.90 Å². The first-order valence-corrected chi connectivity index (χ1v) is 10.3. The summed E-state index contributed by atoms with van der Waals surface area (Å²) >= 11 is 0. The Morgan fingerprint density at radius 1 is 1.04 bits per heavy atom. The summed E-state index contributed by atoms with van der Waals surface area (Å²) in [5.74, 6) is -0.255. The van der Waals surface area contributed by atoms with Crippen LogP contribution in [0, 0.1) is 0 Å². The van der Waals surface area contributed by atoms with Crippen LogP contribution in [0.1, 0.15) is 34.5 Å². The minimum atomic E-state index is -3.67. The fraction of sp³-hybridized carbons (Fsp3) is 0.350. The number of carbonyl (C=O) groups excluding carboxylic acids is 1. The number of nitrogens with zero attached hydrogens (tertiary/aromatic N) is 1. The molecule has 0 fully saturated rings. The first-order chi connectivity index (χ1) is 12.8. The average Bonchev–Trinajstić information content (AvgIpc) is 2.67. The minimum absolute atomic E-state index is 0.0872.